The Kier molecular flexibility index (Phi) is 7.95. The van der Waals surface area contributed by atoms with Gasteiger partial charge in [-0.3, -0.25) is 14.4 Å². The summed E-state index contributed by atoms with van der Waals surface area (Å²) >= 11 is 0. The summed E-state index contributed by atoms with van der Waals surface area (Å²) in [6, 6.07) is -0.705. The molecule has 31 heavy (non-hydrogen) atoms. The third kappa shape index (κ3) is 5.88. The maximum Gasteiger partial charge on any atom is 0.310 e. The van der Waals surface area contributed by atoms with Crippen molar-refractivity contribution in [3.8, 4) is 0 Å². The quantitative estimate of drug-likeness (QED) is 0.450. The highest BCUT2D eigenvalue weighted by atomic mass is 16.5. The van der Waals surface area contributed by atoms with E-state index in [4.69, 9.17) is 4.74 Å². The fourth-order valence-electron chi connectivity index (χ4n) is 5.45. The second-order valence-corrected chi connectivity index (χ2v) is 10.8. The third-order valence-electron chi connectivity index (χ3n) is 6.09. The summed E-state index contributed by atoms with van der Waals surface area (Å²) in [5.41, 5.74) is -0.429. The molecule has 2 N–H and O–H groups in total. The normalized spacial score (nSPS) is 28.5. The van der Waals surface area contributed by atoms with E-state index in [1.54, 1.807) is 11.8 Å². The van der Waals surface area contributed by atoms with Crippen LogP contribution in [0.1, 0.15) is 61.3 Å². The Bertz CT molecular complexity index is 709. The topological polar surface area (TPSA) is 95.9 Å². The first-order chi connectivity index (χ1) is 14.3. The Balaban J connectivity index is 2.37. The highest BCUT2D eigenvalue weighted by Crippen LogP contribution is 2.44. The van der Waals surface area contributed by atoms with Crippen LogP contribution in [-0.4, -0.2) is 59.1 Å². The predicted molar refractivity (Wildman–Crippen MR) is 119 cm³/mol. The molecule has 1 fully saturated rings. The van der Waals surface area contributed by atoms with Gasteiger partial charge in [0.25, 0.3) is 0 Å². The standard InChI is InChI=1S/C24H40N2O5/c1-8-31-22(30)17-15(2)10-11-16-18(17)21(29)26(12-9-13-27)19(16)20(28)25-24(6,7)14-23(3,4)5/h10-11,15-19,27H,8-9,12-14H2,1-7H3,(H,25,28)/t15-,16+,17-,18+,19+/m1/s1. The van der Waals surface area contributed by atoms with Gasteiger partial charge < -0.3 is 20.1 Å². The smallest absolute Gasteiger partial charge is 0.310 e. The average molecular weight is 437 g/mol. The maximum atomic E-state index is 13.5. The molecule has 1 saturated heterocycles. The molecule has 2 rings (SSSR count). The summed E-state index contributed by atoms with van der Waals surface area (Å²) in [5, 5.41) is 12.5. The van der Waals surface area contributed by atoms with Gasteiger partial charge in [-0.15, -0.1) is 0 Å². The van der Waals surface area contributed by atoms with Gasteiger partial charge in [-0.25, -0.2) is 0 Å². The van der Waals surface area contributed by atoms with Crippen molar-refractivity contribution in [2.75, 3.05) is 19.8 Å². The first kappa shape index (κ1) is 25.4. The molecule has 5 atom stereocenters. The molecule has 1 heterocycles. The third-order valence-corrected chi connectivity index (χ3v) is 6.09. The number of likely N-dealkylation sites (tertiary alicyclic amines) is 1. The minimum absolute atomic E-state index is 0.0244. The van der Waals surface area contributed by atoms with Gasteiger partial charge in [-0.2, -0.15) is 0 Å². The van der Waals surface area contributed by atoms with E-state index >= 15 is 0 Å². The number of carbonyl (C=O) groups excluding carboxylic acids is 3. The summed E-state index contributed by atoms with van der Waals surface area (Å²) < 4.78 is 5.27. The van der Waals surface area contributed by atoms with Crippen molar-refractivity contribution in [3.63, 3.8) is 0 Å². The van der Waals surface area contributed by atoms with Crippen LogP contribution in [0.4, 0.5) is 0 Å². The van der Waals surface area contributed by atoms with Crippen LogP contribution in [0.2, 0.25) is 0 Å². The van der Waals surface area contributed by atoms with E-state index < -0.39 is 29.3 Å². The number of nitrogens with one attached hydrogen (secondary N) is 1. The van der Waals surface area contributed by atoms with Gasteiger partial charge >= 0.3 is 5.97 Å². The molecule has 1 aliphatic heterocycles. The Labute approximate surface area is 186 Å². The molecule has 0 spiro atoms. The molecule has 1 aliphatic carbocycles. The molecule has 0 aromatic heterocycles. The monoisotopic (exact) mass is 436 g/mol. The van der Waals surface area contributed by atoms with E-state index in [0.717, 1.165) is 6.42 Å². The number of fused-ring (bicyclic) bond motifs is 1. The Morgan fingerprint density at radius 3 is 2.39 bits per heavy atom. The van der Waals surface area contributed by atoms with Crippen molar-refractivity contribution in [1.82, 2.24) is 10.2 Å². The van der Waals surface area contributed by atoms with E-state index in [2.05, 4.69) is 26.1 Å². The molecule has 0 bridgehead atoms. The van der Waals surface area contributed by atoms with E-state index in [1.165, 1.54) is 0 Å². The zero-order valence-electron chi connectivity index (χ0n) is 20.1. The van der Waals surface area contributed by atoms with Crippen molar-refractivity contribution in [1.29, 1.82) is 0 Å². The van der Waals surface area contributed by atoms with Crippen molar-refractivity contribution >= 4 is 17.8 Å². The minimum atomic E-state index is -0.705. The number of esters is 1. The molecule has 0 aromatic rings. The second-order valence-electron chi connectivity index (χ2n) is 10.8. The van der Waals surface area contributed by atoms with E-state index in [0.29, 0.717) is 6.42 Å². The van der Waals surface area contributed by atoms with Gasteiger partial charge in [0.15, 0.2) is 0 Å². The molecule has 7 nitrogen and oxygen atoms in total. The SMILES string of the molecule is CCOC(=O)[C@H]1[C@H]2C(=O)N(CCCO)[C@H](C(=O)NC(C)(C)CC(C)(C)C)[C@H]2C=C[C@H]1C. The van der Waals surface area contributed by atoms with Crippen molar-refractivity contribution in [3.05, 3.63) is 12.2 Å². The Morgan fingerprint density at radius 1 is 1.19 bits per heavy atom. The molecular weight excluding hydrogens is 396 g/mol. The van der Waals surface area contributed by atoms with Crippen LogP contribution in [0.25, 0.3) is 0 Å². The van der Waals surface area contributed by atoms with Gasteiger partial charge in [0.05, 0.1) is 18.4 Å². The first-order valence-electron chi connectivity index (χ1n) is 11.4. The maximum absolute atomic E-state index is 13.5. The Hall–Kier alpha value is -1.89. The zero-order valence-corrected chi connectivity index (χ0v) is 20.1. The van der Waals surface area contributed by atoms with E-state index in [-0.39, 0.29) is 48.9 Å². The first-order valence-corrected chi connectivity index (χ1v) is 11.4. The molecule has 176 valence electrons. The summed E-state index contributed by atoms with van der Waals surface area (Å²) in [6.45, 7) is 14.4. The Morgan fingerprint density at radius 2 is 1.84 bits per heavy atom. The van der Waals surface area contributed by atoms with Crippen LogP contribution in [0.3, 0.4) is 0 Å². The van der Waals surface area contributed by atoms with Gasteiger partial charge in [-0.1, -0.05) is 39.8 Å². The molecule has 2 amide bonds. The van der Waals surface area contributed by atoms with Crippen LogP contribution in [0, 0.1) is 29.1 Å². The molecule has 0 saturated carbocycles. The number of ether oxygens (including phenoxy) is 1. The molecule has 2 aliphatic rings. The summed E-state index contributed by atoms with van der Waals surface area (Å²) in [5.74, 6) is -2.60. The van der Waals surface area contributed by atoms with Crippen LogP contribution >= 0.6 is 0 Å². The fourth-order valence-corrected chi connectivity index (χ4v) is 5.45. The zero-order chi connectivity index (χ0) is 23.6. The molecule has 0 radical (unpaired) electrons. The average Bonchev–Trinajstić information content (AvgIpc) is 2.89. The van der Waals surface area contributed by atoms with Crippen LogP contribution < -0.4 is 5.32 Å². The number of carbonyl (C=O) groups is 3. The predicted octanol–water partition coefficient (Wildman–Crippen LogP) is 2.53. The summed E-state index contributed by atoms with van der Waals surface area (Å²) in [7, 11) is 0. The number of nitrogens with zero attached hydrogens (tertiary/aromatic N) is 1. The number of amides is 2. The lowest BCUT2D eigenvalue weighted by molar-refractivity contribution is -0.155. The second kappa shape index (κ2) is 9.72. The lowest BCUT2D eigenvalue weighted by Gasteiger charge is -2.36. The highest BCUT2D eigenvalue weighted by Gasteiger charge is 2.57. The molecule has 0 aromatic carbocycles. The number of hydrogen-bond donors (Lipinski definition) is 2. The van der Waals surface area contributed by atoms with Gasteiger partial charge in [0, 0.05) is 24.6 Å². The van der Waals surface area contributed by atoms with Crippen molar-refractivity contribution < 1.29 is 24.2 Å². The summed E-state index contributed by atoms with van der Waals surface area (Å²) in [4.78, 5) is 41.2. The van der Waals surface area contributed by atoms with Crippen LogP contribution in [0.15, 0.2) is 12.2 Å². The largest absolute Gasteiger partial charge is 0.466 e. The van der Waals surface area contributed by atoms with Gasteiger partial charge in [0.1, 0.15) is 6.04 Å². The van der Waals surface area contributed by atoms with Crippen molar-refractivity contribution in [2.45, 2.75) is 72.9 Å². The lowest BCUT2D eigenvalue weighted by Crippen LogP contribution is -2.54. The molecular formula is C24H40N2O5. The number of aliphatic hydroxyl groups excluding tert-OH is 1. The number of hydrogen-bond acceptors (Lipinski definition) is 5. The van der Waals surface area contributed by atoms with E-state index in [9.17, 15) is 19.5 Å². The number of rotatable bonds is 8. The van der Waals surface area contributed by atoms with E-state index in [1.807, 2.05) is 32.9 Å². The van der Waals surface area contributed by atoms with Crippen molar-refractivity contribution in [2.24, 2.45) is 29.1 Å². The van der Waals surface area contributed by atoms with Crippen LogP contribution in [-0.2, 0) is 19.1 Å². The molecule has 0 unspecified atom stereocenters. The number of allylic oxidation sites excluding steroid dienone is 1. The minimum Gasteiger partial charge on any atom is -0.466 e. The summed E-state index contributed by atoms with van der Waals surface area (Å²) in [6.07, 6.45) is 4.99. The highest BCUT2D eigenvalue weighted by molar-refractivity contribution is 5.96. The fraction of sp³-hybridized carbons (Fsp3) is 0.792. The van der Waals surface area contributed by atoms with Crippen LogP contribution in [0.5, 0.6) is 0 Å². The van der Waals surface area contributed by atoms with Gasteiger partial charge in [-0.05, 0) is 44.9 Å². The molecule has 7 heteroatoms. The lowest BCUT2D eigenvalue weighted by atomic mass is 9.70. The number of aliphatic hydroxyl groups is 1. The van der Waals surface area contributed by atoms with Gasteiger partial charge in [0.2, 0.25) is 11.8 Å².